The van der Waals surface area contributed by atoms with Crippen LogP contribution in [0.1, 0.15) is 10.5 Å². The normalized spacial score (nSPS) is 10.2. The van der Waals surface area contributed by atoms with E-state index in [0.717, 1.165) is 8.95 Å². The average molecular weight is 391 g/mol. The maximum atomic E-state index is 11.9. The van der Waals surface area contributed by atoms with Crippen LogP contribution in [0.5, 0.6) is 0 Å². The Hall–Kier alpha value is -0.980. The van der Waals surface area contributed by atoms with Crippen LogP contribution in [-0.2, 0) is 0 Å². The third-order valence-electron chi connectivity index (χ3n) is 2.03. The van der Waals surface area contributed by atoms with Gasteiger partial charge < -0.3 is 5.32 Å². The third kappa shape index (κ3) is 3.28. The molecule has 0 aliphatic heterocycles. The number of aromatic nitrogens is 2. The molecule has 1 aromatic carbocycles. The van der Waals surface area contributed by atoms with Gasteiger partial charge in [-0.3, -0.25) is 4.79 Å². The fourth-order valence-corrected chi connectivity index (χ4v) is 2.45. The van der Waals surface area contributed by atoms with E-state index in [1.807, 2.05) is 12.1 Å². The van der Waals surface area contributed by atoms with E-state index in [-0.39, 0.29) is 16.8 Å². The minimum atomic E-state index is -0.345. The van der Waals surface area contributed by atoms with Gasteiger partial charge in [-0.25, -0.2) is 9.97 Å². The molecule has 1 N–H and O–H groups in total. The fraction of sp³-hybridized carbons (Fsp3) is 0. The molecule has 0 atom stereocenters. The number of nitrogens with zero attached hydrogens (tertiary/aromatic N) is 2. The van der Waals surface area contributed by atoms with Crippen LogP contribution < -0.4 is 5.32 Å². The van der Waals surface area contributed by atoms with Gasteiger partial charge in [-0.2, -0.15) is 0 Å². The van der Waals surface area contributed by atoms with E-state index in [4.69, 9.17) is 11.6 Å². The predicted molar refractivity (Wildman–Crippen MR) is 76.8 cm³/mol. The van der Waals surface area contributed by atoms with Gasteiger partial charge in [0.2, 0.25) is 0 Å². The van der Waals surface area contributed by atoms with Crippen molar-refractivity contribution in [2.45, 2.75) is 0 Å². The average Bonchev–Trinajstić information content (AvgIpc) is 2.33. The molecule has 1 aromatic heterocycles. The van der Waals surface area contributed by atoms with Crippen molar-refractivity contribution in [3.63, 3.8) is 0 Å². The Bertz CT molecular complexity index is 589. The van der Waals surface area contributed by atoms with E-state index in [9.17, 15) is 4.79 Å². The molecular weight excluding hydrogens is 385 g/mol. The molecule has 0 unspecified atom stereocenters. The number of hydrogen-bond acceptors (Lipinski definition) is 3. The second-order valence-corrected chi connectivity index (χ2v) is 5.46. The quantitative estimate of drug-likeness (QED) is 0.845. The molecule has 0 aliphatic carbocycles. The number of benzene rings is 1. The molecule has 18 heavy (non-hydrogen) atoms. The third-order valence-corrected chi connectivity index (χ3v) is 3.38. The lowest BCUT2D eigenvalue weighted by Gasteiger charge is -2.07. The minimum absolute atomic E-state index is 0.203. The molecule has 0 radical (unpaired) electrons. The van der Waals surface area contributed by atoms with Crippen molar-refractivity contribution in [3.8, 4) is 0 Å². The Balaban J connectivity index is 2.18. The highest BCUT2D eigenvalue weighted by molar-refractivity contribution is 9.11. The summed E-state index contributed by atoms with van der Waals surface area (Å²) in [7, 11) is 0. The van der Waals surface area contributed by atoms with Crippen LogP contribution in [0.4, 0.5) is 5.69 Å². The Morgan fingerprint density at radius 3 is 2.61 bits per heavy atom. The molecule has 4 nitrogen and oxygen atoms in total. The molecule has 0 saturated heterocycles. The van der Waals surface area contributed by atoms with Gasteiger partial charge in [0.25, 0.3) is 5.91 Å². The molecule has 7 heteroatoms. The number of amides is 1. The van der Waals surface area contributed by atoms with Crippen molar-refractivity contribution < 1.29 is 4.79 Å². The Morgan fingerprint density at radius 1 is 1.22 bits per heavy atom. The first-order chi connectivity index (χ1) is 8.56. The van der Waals surface area contributed by atoms with Crippen LogP contribution in [0.3, 0.4) is 0 Å². The van der Waals surface area contributed by atoms with Crippen LogP contribution in [0, 0.1) is 0 Å². The minimum Gasteiger partial charge on any atom is -0.320 e. The first kappa shape index (κ1) is 13.5. The molecule has 2 aromatic rings. The van der Waals surface area contributed by atoms with Crippen molar-refractivity contribution in [2.24, 2.45) is 0 Å². The van der Waals surface area contributed by atoms with E-state index >= 15 is 0 Å². The number of rotatable bonds is 2. The zero-order chi connectivity index (χ0) is 13.1. The first-order valence-electron chi connectivity index (χ1n) is 4.80. The number of carbonyl (C=O) groups is 1. The number of halogens is 3. The van der Waals surface area contributed by atoms with Gasteiger partial charge in [-0.15, -0.1) is 0 Å². The fourth-order valence-electron chi connectivity index (χ4n) is 1.21. The van der Waals surface area contributed by atoms with E-state index < -0.39 is 0 Å². The van der Waals surface area contributed by atoms with Crippen LogP contribution >= 0.6 is 43.5 Å². The number of nitrogens with one attached hydrogen (secondary N) is 1. The maximum absolute atomic E-state index is 11.9. The van der Waals surface area contributed by atoms with E-state index in [1.54, 1.807) is 6.07 Å². The Kier molecular flexibility index (Phi) is 4.31. The zero-order valence-corrected chi connectivity index (χ0v) is 12.8. The van der Waals surface area contributed by atoms with Crippen LogP contribution in [0.15, 0.2) is 39.5 Å². The summed E-state index contributed by atoms with van der Waals surface area (Å²) in [6, 6.07) is 5.44. The molecular formula is C11H6Br2ClN3O. The van der Waals surface area contributed by atoms with Crippen molar-refractivity contribution in [3.05, 3.63) is 50.4 Å². The van der Waals surface area contributed by atoms with Crippen molar-refractivity contribution in [1.29, 1.82) is 0 Å². The number of anilines is 1. The molecule has 0 saturated carbocycles. The van der Waals surface area contributed by atoms with Gasteiger partial charge in [0.1, 0.15) is 10.8 Å². The lowest BCUT2D eigenvalue weighted by molar-refractivity contribution is 0.102. The maximum Gasteiger partial charge on any atom is 0.275 e. The topological polar surface area (TPSA) is 54.9 Å². The second kappa shape index (κ2) is 5.77. The number of hydrogen-bond donors (Lipinski definition) is 1. The smallest absolute Gasteiger partial charge is 0.275 e. The second-order valence-electron chi connectivity index (χ2n) is 3.30. The lowest BCUT2D eigenvalue weighted by Crippen LogP contribution is -2.14. The molecule has 0 aliphatic rings. The van der Waals surface area contributed by atoms with Gasteiger partial charge in [0, 0.05) is 8.95 Å². The van der Waals surface area contributed by atoms with Crippen LogP contribution in [-0.4, -0.2) is 15.9 Å². The highest BCUT2D eigenvalue weighted by Gasteiger charge is 2.10. The van der Waals surface area contributed by atoms with E-state index in [1.165, 1.54) is 12.4 Å². The monoisotopic (exact) mass is 389 g/mol. The molecule has 1 amide bonds. The Morgan fingerprint density at radius 2 is 2.00 bits per heavy atom. The van der Waals surface area contributed by atoms with Crippen molar-refractivity contribution in [2.75, 3.05) is 5.32 Å². The van der Waals surface area contributed by atoms with E-state index in [2.05, 4.69) is 47.1 Å². The van der Waals surface area contributed by atoms with Crippen molar-refractivity contribution >= 4 is 55.1 Å². The number of carbonyl (C=O) groups excluding carboxylic acids is 1. The molecule has 0 fully saturated rings. The standard InChI is InChI=1S/C11H6Br2ClN3O/c12-6-1-2-8(7(13)3-6)17-11(18)9-4-16-10(14)5-15-9/h1-5H,(H,17,18). The molecule has 1 heterocycles. The highest BCUT2D eigenvalue weighted by atomic mass is 79.9. The predicted octanol–water partition coefficient (Wildman–Crippen LogP) is 3.91. The summed E-state index contributed by atoms with van der Waals surface area (Å²) in [6.07, 6.45) is 2.65. The zero-order valence-electron chi connectivity index (χ0n) is 8.82. The van der Waals surface area contributed by atoms with Crippen molar-refractivity contribution in [1.82, 2.24) is 9.97 Å². The van der Waals surface area contributed by atoms with Gasteiger partial charge in [-0.1, -0.05) is 27.5 Å². The summed E-state index contributed by atoms with van der Waals surface area (Å²) in [5.74, 6) is -0.345. The van der Waals surface area contributed by atoms with Crippen LogP contribution in [0.25, 0.3) is 0 Å². The molecule has 2 rings (SSSR count). The summed E-state index contributed by atoms with van der Waals surface area (Å²) in [4.78, 5) is 19.6. The highest BCUT2D eigenvalue weighted by Crippen LogP contribution is 2.26. The molecule has 0 bridgehead atoms. The van der Waals surface area contributed by atoms with Gasteiger partial charge >= 0.3 is 0 Å². The SMILES string of the molecule is O=C(Nc1ccc(Br)cc1Br)c1cnc(Cl)cn1. The largest absolute Gasteiger partial charge is 0.320 e. The van der Waals surface area contributed by atoms with E-state index in [0.29, 0.717) is 5.69 Å². The molecule has 92 valence electrons. The lowest BCUT2D eigenvalue weighted by atomic mass is 10.3. The van der Waals surface area contributed by atoms with Crippen LogP contribution in [0.2, 0.25) is 5.15 Å². The van der Waals surface area contributed by atoms with Gasteiger partial charge in [0.05, 0.1) is 18.1 Å². The summed E-state index contributed by atoms with van der Waals surface area (Å²) in [6.45, 7) is 0. The summed E-state index contributed by atoms with van der Waals surface area (Å²) in [5.41, 5.74) is 0.856. The van der Waals surface area contributed by atoms with Gasteiger partial charge in [-0.05, 0) is 34.1 Å². The van der Waals surface area contributed by atoms with Gasteiger partial charge in [0.15, 0.2) is 0 Å². The molecule has 0 spiro atoms. The Labute approximate surface area is 125 Å². The summed E-state index contributed by atoms with van der Waals surface area (Å²) in [5, 5.41) is 2.97. The summed E-state index contributed by atoms with van der Waals surface area (Å²) < 4.78 is 1.69. The summed E-state index contributed by atoms with van der Waals surface area (Å²) >= 11 is 12.3. The first-order valence-corrected chi connectivity index (χ1v) is 6.76.